The van der Waals surface area contributed by atoms with Gasteiger partial charge in [-0.1, -0.05) is 43.7 Å². The molecule has 21 heavy (non-hydrogen) atoms. The molecule has 3 nitrogen and oxygen atoms in total. The molecule has 0 aromatic heterocycles. The van der Waals surface area contributed by atoms with Crippen molar-refractivity contribution in [3.8, 4) is 0 Å². The second-order valence-electron chi connectivity index (χ2n) is 6.40. The van der Waals surface area contributed by atoms with Gasteiger partial charge in [-0.25, -0.2) is 0 Å². The molecule has 1 aliphatic rings. The number of rotatable bonds is 7. The molecule has 0 heterocycles. The van der Waals surface area contributed by atoms with Gasteiger partial charge in [-0.2, -0.15) is 0 Å². The maximum Gasteiger partial charge on any atom is 0.220 e. The Labute approximate surface area is 127 Å². The maximum absolute atomic E-state index is 11.9. The van der Waals surface area contributed by atoms with Gasteiger partial charge in [0.1, 0.15) is 0 Å². The lowest BCUT2D eigenvalue weighted by Crippen LogP contribution is -2.33. The first kappa shape index (κ1) is 16.0. The molecule has 0 aliphatic heterocycles. The van der Waals surface area contributed by atoms with E-state index in [1.165, 1.54) is 5.56 Å². The highest BCUT2D eigenvalue weighted by atomic mass is 16.3. The molecule has 1 saturated carbocycles. The highest BCUT2D eigenvalue weighted by molar-refractivity contribution is 5.76. The molecule has 3 heteroatoms. The summed E-state index contributed by atoms with van der Waals surface area (Å²) < 4.78 is 0. The number of nitrogens with one attached hydrogen (secondary N) is 1. The molecule has 1 aromatic carbocycles. The normalized spacial score (nSPS) is 23.0. The molecule has 116 valence electrons. The molecule has 0 radical (unpaired) electrons. The Kier molecular flexibility index (Phi) is 6.24. The van der Waals surface area contributed by atoms with Crippen molar-refractivity contribution in [1.29, 1.82) is 0 Å². The second kappa shape index (κ2) is 8.18. The molecule has 1 aliphatic carbocycles. The molecule has 3 atom stereocenters. The summed E-state index contributed by atoms with van der Waals surface area (Å²) in [6.45, 7) is 2.76. The molecule has 0 bridgehead atoms. The standard InChI is InChI=1S/C18H27NO2/c1-14(10-11-15-6-3-2-4-7-15)12-18(21)19-13-16-8-5-9-17(16)20/h2-4,6-7,14,16-17,20H,5,8-13H2,1H3,(H,19,21). The predicted octanol–water partition coefficient (Wildman–Crippen LogP) is 2.92. The van der Waals surface area contributed by atoms with E-state index >= 15 is 0 Å². The number of hydrogen-bond donors (Lipinski definition) is 2. The number of hydrogen-bond acceptors (Lipinski definition) is 2. The molecule has 2 N–H and O–H groups in total. The maximum atomic E-state index is 11.9. The monoisotopic (exact) mass is 289 g/mol. The number of carbonyl (C=O) groups excluding carboxylic acids is 1. The third kappa shape index (κ3) is 5.50. The number of carbonyl (C=O) groups is 1. The second-order valence-corrected chi connectivity index (χ2v) is 6.40. The van der Waals surface area contributed by atoms with Crippen LogP contribution in [0.25, 0.3) is 0 Å². The SMILES string of the molecule is CC(CCc1ccccc1)CC(=O)NCC1CCCC1O. The van der Waals surface area contributed by atoms with Crippen molar-refractivity contribution in [2.75, 3.05) is 6.54 Å². The minimum Gasteiger partial charge on any atom is -0.393 e. The Morgan fingerprint density at radius 2 is 2.10 bits per heavy atom. The summed E-state index contributed by atoms with van der Waals surface area (Å²) in [5.74, 6) is 0.766. The van der Waals surface area contributed by atoms with Gasteiger partial charge in [0.2, 0.25) is 5.91 Å². The lowest BCUT2D eigenvalue weighted by atomic mass is 9.98. The van der Waals surface area contributed by atoms with Gasteiger partial charge in [-0.05, 0) is 37.2 Å². The van der Waals surface area contributed by atoms with E-state index in [2.05, 4.69) is 36.5 Å². The minimum absolute atomic E-state index is 0.120. The van der Waals surface area contributed by atoms with Crippen molar-refractivity contribution in [2.24, 2.45) is 11.8 Å². The van der Waals surface area contributed by atoms with Gasteiger partial charge in [-0.15, -0.1) is 0 Å². The first-order valence-corrected chi connectivity index (χ1v) is 8.14. The fourth-order valence-electron chi connectivity index (χ4n) is 3.05. The first-order valence-electron chi connectivity index (χ1n) is 8.14. The van der Waals surface area contributed by atoms with E-state index in [9.17, 15) is 9.90 Å². The Hall–Kier alpha value is -1.35. The molecule has 2 rings (SSSR count). The molecule has 0 spiro atoms. The summed E-state index contributed by atoms with van der Waals surface area (Å²) >= 11 is 0. The van der Waals surface area contributed by atoms with Crippen LogP contribution in [0.2, 0.25) is 0 Å². The van der Waals surface area contributed by atoms with Gasteiger partial charge in [0.25, 0.3) is 0 Å². The van der Waals surface area contributed by atoms with Crippen LogP contribution in [-0.2, 0) is 11.2 Å². The number of amides is 1. The van der Waals surface area contributed by atoms with Crippen molar-refractivity contribution >= 4 is 5.91 Å². The Balaban J connectivity index is 1.62. The van der Waals surface area contributed by atoms with E-state index in [4.69, 9.17) is 0 Å². The molecular weight excluding hydrogens is 262 g/mol. The lowest BCUT2D eigenvalue weighted by Gasteiger charge is -2.16. The zero-order valence-electron chi connectivity index (χ0n) is 12.9. The third-order valence-corrected chi connectivity index (χ3v) is 4.48. The summed E-state index contributed by atoms with van der Waals surface area (Å²) in [4.78, 5) is 11.9. The van der Waals surface area contributed by atoms with Gasteiger partial charge in [0, 0.05) is 18.9 Å². The molecule has 1 fully saturated rings. The molecule has 1 aromatic rings. The van der Waals surface area contributed by atoms with Crippen molar-refractivity contribution < 1.29 is 9.90 Å². The summed E-state index contributed by atoms with van der Waals surface area (Å²) in [6.07, 6.45) is 5.41. The average Bonchev–Trinajstić information content (AvgIpc) is 2.89. The predicted molar refractivity (Wildman–Crippen MR) is 84.9 cm³/mol. The van der Waals surface area contributed by atoms with Crippen LogP contribution in [0, 0.1) is 11.8 Å². The van der Waals surface area contributed by atoms with Crippen LogP contribution in [0.3, 0.4) is 0 Å². The summed E-state index contributed by atoms with van der Waals surface area (Å²) in [6, 6.07) is 10.4. The Morgan fingerprint density at radius 1 is 1.33 bits per heavy atom. The fourth-order valence-corrected chi connectivity index (χ4v) is 3.05. The fraction of sp³-hybridized carbons (Fsp3) is 0.611. The third-order valence-electron chi connectivity index (χ3n) is 4.48. The molecule has 1 amide bonds. The van der Waals surface area contributed by atoms with Crippen molar-refractivity contribution in [2.45, 2.75) is 51.6 Å². The quantitative estimate of drug-likeness (QED) is 0.811. The van der Waals surface area contributed by atoms with Crippen molar-refractivity contribution in [3.63, 3.8) is 0 Å². The van der Waals surface area contributed by atoms with Gasteiger partial charge in [0.05, 0.1) is 6.10 Å². The van der Waals surface area contributed by atoms with Crippen LogP contribution in [0.4, 0.5) is 0 Å². The zero-order chi connectivity index (χ0) is 15.1. The van der Waals surface area contributed by atoms with Gasteiger partial charge in [-0.3, -0.25) is 4.79 Å². The number of aryl methyl sites for hydroxylation is 1. The van der Waals surface area contributed by atoms with Crippen LogP contribution in [0.15, 0.2) is 30.3 Å². The highest BCUT2D eigenvalue weighted by Crippen LogP contribution is 2.24. The number of benzene rings is 1. The number of aliphatic hydroxyl groups excluding tert-OH is 1. The smallest absolute Gasteiger partial charge is 0.220 e. The molecular formula is C18H27NO2. The summed E-state index contributed by atoms with van der Waals surface area (Å²) in [7, 11) is 0. The van der Waals surface area contributed by atoms with Gasteiger partial charge >= 0.3 is 0 Å². The van der Waals surface area contributed by atoms with E-state index in [-0.39, 0.29) is 17.9 Å². The zero-order valence-corrected chi connectivity index (χ0v) is 12.9. The van der Waals surface area contributed by atoms with Crippen LogP contribution in [-0.4, -0.2) is 23.7 Å². The van der Waals surface area contributed by atoms with Crippen molar-refractivity contribution in [3.05, 3.63) is 35.9 Å². The first-order chi connectivity index (χ1) is 10.1. The van der Waals surface area contributed by atoms with E-state index in [1.54, 1.807) is 0 Å². The minimum atomic E-state index is -0.221. The van der Waals surface area contributed by atoms with Crippen molar-refractivity contribution in [1.82, 2.24) is 5.32 Å². The Bertz CT molecular complexity index is 432. The topological polar surface area (TPSA) is 49.3 Å². The van der Waals surface area contributed by atoms with E-state index in [1.807, 2.05) is 6.07 Å². The van der Waals surface area contributed by atoms with Crippen LogP contribution in [0.5, 0.6) is 0 Å². The van der Waals surface area contributed by atoms with Gasteiger partial charge < -0.3 is 10.4 Å². The molecule has 3 unspecified atom stereocenters. The van der Waals surface area contributed by atoms with Gasteiger partial charge in [0.15, 0.2) is 0 Å². The Morgan fingerprint density at radius 3 is 2.76 bits per heavy atom. The summed E-state index contributed by atoms with van der Waals surface area (Å²) in [5.41, 5.74) is 1.33. The molecule has 0 saturated heterocycles. The van der Waals surface area contributed by atoms with Crippen LogP contribution in [0.1, 0.15) is 44.6 Å². The number of aliphatic hydroxyl groups is 1. The van der Waals surface area contributed by atoms with E-state index in [0.29, 0.717) is 18.9 Å². The van der Waals surface area contributed by atoms with E-state index < -0.39 is 0 Å². The lowest BCUT2D eigenvalue weighted by molar-refractivity contribution is -0.122. The highest BCUT2D eigenvalue weighted by Gasteiger charge is 2.25. The summed E-state index contributed by atoms with van der Waals surface area (Å²) in [5, 5.41) is 12.7. The van der Waals surface area contributed by atoms with Crippen LogP contribution < -0.4 is 5.32 Å². The average molecular weight is 289 g/mol. The van der Waals surface area contributed by atoms with E-state index in [0.717, 1.165) is 32.1 Å². The van der Waals surface area contributed by atoms with Crippen LogP contribution >= 0.6 is 0 Å². The largest absolute Gasteiger partial charge is 0.393 e.